The van der Waals surface area contributed by atoms with Gasteiger partial charge in [0.05, 0.1) is 6.04 Å². The van der Waals surface area contributed by atoms with Crippen molar-refractivity contribution in [3.63, 3.8) is 0 Å². The Labute approximate surface area is 107 Å². The van der Waals surface area contributed by atoms with E-state index in [0.29, 0.717) is 0 Å². The fraction of sp³-hybridized carbons (Fsp3) is 0.200. The highest BCUT2D eigenvalue weighted by atomic mass is 35.5. The minimum absolute atomic E-state index is 0.0845. The van der Waals surface area contributed by atoms with E-state index >= 15 is 0 Å². The van der Waals surface area contributed by atoms with Crippen LogP contribution in [0.5, 0.6) is 0 Å². The molecule has 17 heavy (non-hydrogen) atoms. The maximum absolute atomic E-state index is 6.25. The molecule has 2 N–H and O–H groups in total. The molecular weight excluding hydrogens is 230 g/mol. The summed E-state index contributed by atoms with van der Waals surface area (Å²) in [6.07, 6.45) is 1.03. The molecule has 1 atom stereocenters. The lowest BCUT2D eigenvalue weighted by molar-refractivity contribution is 0.867. The minimum Gasteiger partial charge on any atom is -0.320 e. The van der Waals surface area contributed by atoms with E-state index < -0.39 is 0 Å². The van der Waals surface area contributed by atoms with Crippen LogP contribution in [-0.2, 0) is 6.42 Å². The van der Waals surface area contributed by atoms with Gasteiger partial charge < -0.3 is 5.73 Å². The molecule has 0 fully saturated rings. The predicted molar refractivity (Wildman–Crippen MR) is 73.3 cm³/mol. The second-order valence-electron chi connectivity index (χ2n) is 4.13. The zero-order valence-corrected chi connectivity index (χ0v) is 10.6. The van der Waals surface area contributed by atoms with Gasteiger partial charge in [0.2, 0.25) is 0 Å². The predicted octanol–water partition coefficient (Wildman–Crippen LogP) is 3.95. The van der Waals surface area contributed by atoms with Crippen molar-refractivity contribution in [3.05, 3.63) is 70.2 Å². The number of rotatable bonds is 3. The van der Waals surface area contributed by atoms with E-state index in [2.05, 4.69) is 31.2 Å². The summed E-state index contributed by atoms with van der Waals surface area (Å²) in [6, 6.07) is 16.0. The molecule has 1 unspecified atom stereocenters. The third kappa shape index (κ3) is 2.87. The Bertz CT molecular complexity index is 491. The molecule has 0 saturated carbocycles. The van der Waals surface area contributed by atoms with Crippen molar-refractivity contribution in [3.8, 4) is 0 Å². The van der Waals surface area contributed by atoms with Gasteiger partial charge >= 0.3 is 0 Å². The topological polar surface area (TPSA) is 26.0 Å². The molecule has 0 bridgehead atoms. The molecule has 2 heteroatoms. The van der Waals surface area contributed by atoms with Crippen molar-refractivity contribution >= 4 is 11.6 Å². The summed E-state index contributed by atoms with van der Waals surface area (Å²) in [5.41, 5.74) is 9.79. The Morgan fingerprint density at radius 3 is 2.41 bits per heavy atom. The van der Waals surface area contributed by atoms with Crippen molar-refractivity contribution < 1.29 is 0 Å². The fourth-order valence-corrected chi connectivity index (χ4v) is 2.00. The molecule has 0 aliphatic heterocycles. The van der Waals surface area contributed by atoms with Crippen LogP contribution in [0.15, 0.2) is 48.5 Å². The van der Waals surface area contributed by atoms with E-state index in [4.69, 9.17) is 17.3 Å². The van der Waals surface area contributed by atoms with Crippen LogP contribution in [-0.4, -0.2) is 0 Å². The Hall–Kier alpha value is -1.31. The number of hydrogen-bond acceptors (Lipinski definition) is 1. The van der Waals surface area contributed by atoms with E-state index in [0.717, 1.165) is 22.6 Å². The average molecular weight is 246 g/mol. The molecule has 2 rings (SSSR count). The van der Waals surface area contributed by atoms with Crippen LogP contribution in [0.1, 0.15) is 29.7 Å². The van der Waals surface area contributed by atoms with Crippen molar-refractivity contribution in [2.24, 2.45) is 5.73 Å². The van der Waals surface area contributed by atoms with Crippen LogP contribution in [0, 0.1) is 0 Å². The van der Waals surface area contributed by atoms with Crippen LogP contribution in [0.2, 0.25) is 5.02 Å². The lowest BCUT2D eigenvalue weighted by atomic mass is 9.97. The van der Waals surface area contributed by atoms with Gasteiger partial charge in [0.15, 0.2) is 0 Å². The van der Waals surface area contributed by atoms with E-state index in [1.54, 1.807) is 0 Å². The Kier molecular flexibility index (Phi) is 3.82. The van der Waals surface area contributed by atoms with Crippen LogP contribution < -0.4 is 5.73 Å². The molecule has 1 nitrogen and oxygen atoms in total. The normalized spacial score (nSPS) is 12.4. The Morgan fingerprint density at radius 1 is 1.06 bits per heavy atom. The first-order chi connectivity index (χ1) is 8.20. The fourth-order valence-electron chi connectivity index (χ4n) is 1.87. The van der Waals surface area contributed by atoms with Crippen molar-refractivity contribution in [1.82, 2.24) is 0 Å². The number of aryl methyl sites for hydroxylation is 1. The van der Waals surface area contributed by atoms with Crippen LogP contribution in [0.4, 0.5) is 0 Å². The molecule has 0 amide bonds. The molecular formula is C15H16ClN. The van der Waals surface area contributed by atoms with E-state index in [1.807, 2.05) is 24.3 Å². The molecule has 88 valence electrons. The third-order valence-electron chi connectivity index (χ3n) is 2.95. The highest BCUT2D eigenvalue weighted by Gasteiger charge is 2.08. The largest absolute Gasteiger partial charge is 0.320 e. The summed E-state index contributed by atoms with van der Waals surface area (Å²) in [6.45, 7) is 2.15. The van der Waals surface area contributed by atoms with Gasteiger partial charge in [0.25, 0.3) is 0 Å². The van der Waals surface area contributed by atoms with Gasteiger partial charge in [-0.2, -0.15) is 0 Å². The van der Waals surface area contributed by atoms with Crippen LogP contribution in [0.3, 0.4) is 0 Å². The van der Waals surface area contributed by atoms with Gasteiger partial charge in [0.1, 0.15) is 0 Å². The van der Waals surface area contributed by atoms with Crippen molar-refractivity contribution in [2.45, 2.75) is 19.4 Å². The first-order valence-electron chi connectivity index (χ1n) is 5.80. The second kappa shape index (κ2) is 5.35. The first-order valence-corrected chi connectivity index (χ1v) is 6.18. The Balaban J connectivity index is 2.29. The van der Waals surface area contributed by atoms with Gasteiger partial charge in [-0.1, -0.05) is 54.9 Å². The summed E-state index contributed by atoms with van der Waals surface area (Å²) < 4.78 is 0. The van der Waals surface area contributed by atoms with Crippen molar-refractivity contribution in [2.75, 3.05) is 0 Å². The van der Waals surface area contributed by atoms with E-state index in [9.17, 15) is 0 Å². The molecule has 0 radical (unpaired) electrons. The van der Waals surface area contributed by atoms with Gasteiger partial charge in [0, 0.05) is 5.02 Å². The van der Waals surface area contributed by atoms with Gasteiger partial charge in [-0.05, 0) is 35.2 Å². The monoisotopic (exact) mass is 245 g/mol. The highest BCUT2D eigenvalue weighted by Crippen LogP contribution is 2.22. The summed E-state index contributed by atoms with van der Waals surface area (Å²) >= 11 is 5.87. The molecule has 0 aromatic heterocycles. The molecule has 0 heterocycles. The standard InChI is InChI=1S/C15H16ClN/c1-2-11-4-3-5-13(10-11)15(17)12-6-8-14(16)9-7-12/h3-10,15H,2,17H2,1H3. The van der Waals surface area contributed by atoms with Crippen LogP contribution in [0.25, 0.3) is 0 Å². The lowest BCUT2D eigenvalue weighted by Crippen LogP contribution is -2.11. The highest BCUT2D eigenvalue weighted by molar-refractivity contribution is 6.30. The number of halogens is 1. The Morgan fingerprint density at radius 2 is 1.76 bits per heavy atom. The number of nitrogens with two attached hydrogens (primary N) is 1. The minimum atomic E-state index is -0.0845. The van der Waals surface area contributed by atoms with E-state index in [1.165, 1.54) is 5.56 Å². The maximum Gasteiger partial charge on any atom is 0.0551 e. The molecule has 2 aromatic carbocycles. The quantitative estimate of drug-likeness (QED) is 0.871. The molecule has 0 aliphatic carbocycles. The van der Waals surface area contributed by atoms with Gasteiger partial charge in [-0.25, -0.2) is 0 Å². The maximum atomic E-state index is 6.25. The molecule has 2 aromatic rings. The molecule has 0 aliphatic rings. The van der Waals surface area contributed by atoms with Crippen LogP contribution >= 0.6 is 11.6 Å². The third-order valence-corrected chi connectivity index (χ3v) is 3.20. The SMILES string of the molecule is CCc1cccc(C(N)c2ccc(Cl)cc2)c1. The zero-order valence-electron chi connectivity index (χ0n) is 9.86. The van der Waals surface area contributed by atoms with E-state index in [-0.39, 0.29) is 6.04 Å². The summed E-state index contributed by atoms with van der Waals surface area (Å²) in [4.78, 5) is 0. The van der Waals surface area contributed by atoms with Crippen molar-refractivity contribution in [1.29, 1.82) is 0 Å². The number of benzene rings is 2. The lowest BCUT2D eigenvalue weighted by Gasteiger charge is -2.13. The average Bonchev–Trinajstić information content (AvgIpc) is 2.39. The second-order valence-corrected chi connectivity index (χ2v) is 4.56. The number of hydrogen-bond donors (Lipinski definition) is 1. The summed E-state index contributed by atoms with van der Waals surface area (Å²) in [5, 5.41) is 0.739. The summed E-state index contributed by atoms with van der Waals surface area (Å²) in [7, 11) is 0. The smallest absolute Gasteiger partial charge is 0.0551 e. The van der Waals surface area contributed by atoms with Gasteiger partial charge in [-0.15, -0.1) is 0 Å². The molecule has 0 spiro atoms. The van der Waals surface area contributed by atoms with Gasteiger partial charge in [-0.3, -0.25) is 0 Å². The summed E-state index contributed by atoms with van der Waals surface area (Å²) in [5.74, 6) is 0. The first kappa shape index (κ1) is 12.2. The zero-order chi connectivity index (χ0) is 12.3. The molecule has 0 saturated heterocycles.